The molecular weight excluding hydrogens is 343 g/mol. The van der Waals surface area contributed by atoms with Gasteiger partial charge in [-0.25, -0.2) is 14.4 Å². The van der Waals surface area contributed by atoms with Crippen LogP contribution < -0.4 is 10.1 Å². The van der Waals surface area contributed by atoms with Crippen molar-refractivity contribution in [2.45, 2.75) is 0 Å². The van der Waals surface area contributed by atoms with E-state index in [1.54, 1.807) is 32.5 Å². The van der Waals surface area contributed by atoms with Crippen molar-refractivity contribution in [1.29, 1.82) is 0 Å². The van der Waals surface area contributed by atoms with Gasteiger partial charge in [-0.2, -0.15) is 0 Å². The fraction of sp³-hybridized carbons (Fsp3) is 0.0952. The van der Waals surface area contributed by atoms with Crippen molar-refractivity contribution in [3.8, 4) is 28.4 Å². The Kier molecular flexibility index (Phi) is 4.38. The lowest BCUT2D eigenvalue weighted by molar-refractivity contribution is 0.419. The van der Waals surface area contributed by atoms with Gasteiger partial charge in [0.15, 0.2) is 5.82 Å². The molecule has 4 aromatic rings. The lowest BCUT2D eigenvalue weighted by atomic mass is 10.0. The highest BCUT2D eigenvalue weighted by Gasteiger charge is 2.15. The van der Waals surface area contributed by atoms with Gasteiger partial charge in [-0.15, -0.1) is 0 Å². The van der Waals surface area contributed by atoms with Gasteiger partial charge in [-0.05, 0) is 47.5 Å². The molecule has 0 aliphatic rings. The zero-order valence-corrected chi connectivity index (χ0v) is 14.9. The second-order valence-electron chi connectivity index (χ2n) is 5.94. The first-order valence-corrected chi connectivity index (χ1v) is 8.44. The number of methoxy groups -OCH3 is 1. The topological polar surface area (TPSA) is 59.9 Å². The molecule has 0 bridgehead atoms. The predicted molar refractivity (Wildman–Crippen MR) is 104 cm³/mol. The summed E-state index contributed by atoms with van der Waals surface area (Å²) in [4.78, 5) is 13.6. The summed E-state index contributed by atoms with van der Waals surface area (Å²) in [7, 11) is 3.41. The Balaban J connectivity index is 1.96. The lowest BCUT2D eigenvalue weighted by Gasteiger charge is -2.13. The summed E-state index contributed by atoms with van der Waals surface area (Å²) in [6.07, 6.45) is 1.71. The van der Waals surface area contributed by atoms with E-state index >= 15 is 0 Å². The highest BCUT2D eigenvalue weighted by molar-refractivity contribution is 5.97. The molecule has 0 aliphatic heterocycles. The summed E-state index contributed by atoms with van der Waals surface area (Å²) in [5.74, 6) is 1.52. The molecule has 6 heteroatoms. The first-order valence-electron chi connectivity index (χ1n) is 8.44. The number of rotatable bonds is 4. The van der Waals surface area contributed by atoms with Crippen LogP contribution in [0.3, 0.4) is 0 Å². The number of pyridine rings is 1. The fourth-order valence-corrected chi connectivity index (χ4v) is 2.97. The Bertz CT molecular complexity index is 1100. The Hall–Kier alpha value is -3.54. The Labute approximate surface area is 155 Å². The minimum Gasteiger partial charge on any atom is -0.494 e. The van der Waals surface area contributed by atoms with Crippen molar-refractivity contribution in [2.75, 3.05) is 19.5 Å². The van der Waals surface area contributed by atoms with Crippen molar-refractivity contribution >= 4 is 16.7 Å². The standard InChI is InChI=1S/C21H17FN4O/c1-23-20-16-11-14(13-6-8-15(22)9-7-13)12-18(27-2)19(16)25-21(26-20)17-5-3-4-10-24-17/h3-12H,1-2H3,(H,23,25,26). The fourth-order valence-electron chi connectivity index (χ4n) is 2.97. The van der Waals surface area contributed by atoms with Crippen molar-refractivity contribution in [2.24, 2.45) is 0 Å². The maximum Gasteiger partial charge on any atom is 0.180 e. The first-order chi connectivity index (χ1) is 13.2. The summed E-state index contributed by atoms with van der Waals surface area (Å²) in [6, 6.07) is 15.8. The second-order valence-corrected chi connectivity index (χ2v) is 5.94. The SMILES string of the molecule is CNc1nc(-c2ccccn2)nc2c(OC)cc(-c3ccc(F)cc3)cc12. The smallest absolute Gasteiger partial charge is 0.180 e. The molecule has 0 atom stereocenters. The molecule has 0 spiro atoms. The maximum atomic E-state index is 13.3. The predicted octanol–water partition coefficient (Wildman–Crippen LogP) is 4.55. The van der Waals surface area contributed by atoms with E-state index in [-0.39, 0.29) is 5.82 Å². The van der Waals surface area contributed by atoms with E-state index in [1.807, 2.05) is 30.3 Å². The van der Waals surface area contributed by atoms with Gasteiger partial charge in [0, 0.05) is 18.6 Å². The molecule has 0 unspecified atom stereocenters. The molecule has 2 aromatic carbocycles. The highest BCUT2D eigenvalue weighted by atomic mass is 19.1. The molecule has 0 fully saturated rings. The van der Waals surface area contributed by atoms with Crippen LogP contribution in [0.4, 0.5) is 10.2 Å². The monoisotopic (exact) mass is 360 g/mol. The Morgan fingerprint density at radius 2 is 1.78 bits per heavy atom. The molecule has 27 heavy (non-hydrogen) atoms. The molecule has 0 aliphatic carbocycles. The third-order valence-corrected chi connectivity index (χ3v) is 4.29. The van der Waals surface area contributed by atoms with Crippen LogP contribution in [0.5, 0.6) is 5.75 Å². The summed E-state index contributed by atoms with van der Waals surface area (Å²) < 4.78 is 18.9. The quantitative estimate of drug-likeness (QED) is 0.579. The molecule has 0 saturated heterocycles. The van der Waals surface area contributed by atoms with Crippen LogP contribution in [-0.4, -0.2) is 29.1 Å². The van der Waals surface area contributed by atoms with E-state index in [1.165, 1.54) is 12.1 Å². The number of fused-ring (bicyclic) bond motifs is 1. The van der Waals surface area contributed by atoms with Crippen LogP contribution in [0, 0.1) is 5.82 Å². The van der Waals surface area contributed by atoms with Crippen LogP contribution in [0.2, 0.25) is 0 Å². The zero-order valence-electron chi connectivity index (χ0n) is 14.9. The molecule has 0 amide bonds. The van der Waals surface area contributed by atoms with E-state index in [9.17, 15) is 4.39 Å². The number of hydrogen-bond acceptors (Lipinski definition) is 5. The van der Waals surface area contributed by atoms with Crippen molar-refractivity contribution in [3.63, 3.8) is 0 Å². The number of anilines is 1. The molecule has 2 aromatic heterocycles. The molecule has 2 heterocycles. The minimum atomic E-state index is -0.272. The van der Waals surface area contributed by atoms with Crippen LogP contribution in [0.15, 0.2) is 60.8 Å². The summed E-state index contributed by atoms with van der Waals surface area (Å²) in [6.45, 7) is 0. The Morgan fingerprint density at radius 3 is 2.44 bits per heavy atom. The van der Waals surface area contributed by atoms with E-state index in [0.717, 1.165) is 16.5 Å². The Morgan fingerprint density at radius 1 is 0.963 bits per heavy atom. The van der Waals surface area contributed by atoms with Gasteiger partial charge in [-0.1, -0.05) is 18.2 Å². The zero-order chi connectivity index (χ0) is 18.8. The van der Waals surface area contributed by atoms with E-state index in [4.69, 9.17) is 4.74 Å². The van der Waals surface area contributed by atoms with Gasteiger partial charge >= 0.3 is 0 Å². The lowest BCUT2D eigenvalue weighted by Crippen LogP contribution is -2.01. The van der Waals surface area contributed by atoms with Crippen molar-refractivity contribution in [1.82, 2.24) is 15.0 Å². The third kappa shape index (κ3) is 3.17. The normalized spacial score (nSPS) is 10.8. The third-order valence-electron chi connectivity index (χ3n) is 4.29. The van der Waals surface area contributed by atoms with Gasteiger partial charge in [0.05, 0.1) is 7.11 Å². The van der Waals surface area contributed by atoms with Gasteiger partial charge < -0.3 is 10.1 Å². The number of benzene rings is 2. The van der Waals surface area contributed by atoms with Crippen LogP contribution in [-0.2, 0) is 0 Å². The summed E-state index contributed by atoms with van der Waals surface area (Å²) >= 11 is 0. The number of nitrogens with one attached hydrogen (secondary N) is 1. The molecule has 0 saturated carbocycles. The summed E-state index contributed by atoms with van der Waals surface area (Å²) in [5.41, 5.74) is 3.14. The van der Waals surface area contributed by atoms with Crippen LogP contribution >= 0.6 is 0 Å². The van der Waals surface area contributed by atoms with E-state index in [2.05, 4.69) is 20.3 Å². The van der Waals surface area contributed by atoms with Crippen molar-refractivity contribution in [3.05, 3.63) is 66.6 Å². The number of halogens is 1. The average molecular weight is 360 g/mol. The van der Waals surface area contributed by atoms with Gasteiger partial charge in [0.1, 0.15) is 28.6 Å². The number of ether oxygens (including phenoxy) is 1. The number of nitrogens with zero attached hydrogens (tertiary/aromatic N) is 3. The number of aromatic nitrogens is 3. The van der Waals surface area contributed by atoms with Gasteiger partial charge in [0.2, 0.25) is 0 Å². The molecule has 5 nitrogen and oxygen atoms in total. The van der Waals surface area contributed by atoms with Gasteiger partial charge in [-0.3, -0.25) is 4.98 Å². The first kappa shape index (κ1) is 16.9. The highest BCUT2D eigenvalue weighted by Crippen LogP contribution is 2.35. The van der Waals surface area contributed by atoms with Gasteiger partial charge in [0.25, 0.3) is 0 Å². The van der Waals surface area contributed by atoms with Crippen LogP contribution in [0.25, 0.3) is 33.5 Å². The maximum absolute atomic E-state index is 13.3. The molecule has 4 rings (SSSR count). The molecule has 1 N–H and O–H groups in total. The molecule has 134 valence electrons. The van der Waals surface area contributed by atoms with E-state index in [0.29, 0.717) is 28.6 Å². The molecular formula is C21H17FN4O. The summed E-state index contributed by atoms with van der Waals surface area (Å²) in [5, 5.41) is 3.94. The van der Waals surface area contributed by atoms with Crippen molar-refractivity contribution < 1.29 is 9.13 Å². The minimum absolute atomic E-state index is 0.272. The molecule has 0 radical (unpaired) electrons. The van der Waals surface area contributed by atoms with E-state index < -0.39 is 0 Å². The van der Waals surface area contributed by atoms with Crippen LogP contribution in [0.1, 0.15) is 0 Å². The average Bonchev–Trinajstić information content (AvgIpc) is 2.73. The largest absolute Gasteiger partial charge is 0.494 e. The number of hydrogen-bond donors (Lipinski definition) is 1. The second kappa shape index (κ2) is 6.99.